The Bertz CT molecular complexity index is 1210. The standard InChI is InChI=1S/C25H32N4O.C6H8N2O2/c1-7-9-20(18-26-5)23(24(30)28-17-19-10-8-15-27-16-19)29(6)22-13-11-21(12-14-22)25(2,3)4;7-4-8-2-6(10)1-5(8)3-9/h7-16,18,23H,5,17H2,1-4,6H3,(H,28,30);3,5-6,10H,1-2H2/b9-7-,20-18+;. The fourth-order valence-electron chi connectivity index (χ4n) is 4.27. The number of allylic oxidation sites excluding steroid dienone is 1. The highest BCUT2D eigenvalue weighted by Crippen LogP contribution is 2.27. The number of nitrogens with zero attached hydrogens (tertiary/aromatic N) is 5. The van der Waals surface area contributed by atoms with Crippen molar-refractivity contribution in [3.8, 4) is 6.19 Å². The molecular formula is C31H40N6O3. The smallest absolute Gasteiger partial charge is 0.247 e. The molecule has 0 spiro atoms. The van der Waals surface area contributed by atoms with Gasteiger partial charge in [-0.3, -0.25) is 19.7 Å². The predicted octanol–water partition coefficient (Wildman–Crippen LogP) is 3.76. The van der Waals surface area contributed by atoms with Gasteiger partial charge < -0.3 is 20.1 Å². The molecule has 1 amide bonds. The maximum atomic E-state index is 13.2. The van der Waals surface area contributed by atoms with Crippen molar-refractivity contribution in [3.05, 3.63) is 83.8 Å². The third-order valence-electron chi connectivity index (χ3n) is 6.49. The monoisotopic (exact) mass is 544 g/mol. The lowest BCUT2D eigenvalue weighted by atomic mass is 9.87. The van der Waals surface area contributed by atoms with Crippen molar-refractivity contribution in [3.63, 3.8) is 0 Å². The van der Waals surface area contributed by atoms with Crippen molar-refractivity contribution in [1.29, 1.82) is 5.26 Å². The molecule has 1 aliphatic heterocycles. The summed E-state index contributed by atoms with van der Waals surface area (Å²) in [5, 5.41) is 20.4. The minimum Gasteiger partial charge on any atom is -0.391 e. The highest BCUT2D eigenvalue weighted by Gasteiger charge is 2.29. The highest BCUT2D eigenvalue weighted by molar-refractivity contribution is 5.89. The molecule has 0 saturated carbocycles. The number of aliphatic hydroxyl groups is 1. The molecule has 1 saturated heterocycles. The van der Waals surface area contributed by atoms with Crippen LogP contribution in [0.3, 0.4) is 0 Å². The number of anilines is 1. The van der Waals surface area contributed by atoms with Gasteiger partial charge >= 0.3 is 0 Å². The fraction of sp³-hybridized carbons (Fsp3) is 0.387. The van der Waals surface area contributed by atoms with Crippen LogP contribution < -0.4 is 10.2 Å². The fourth-order valence-corrected chi connectivity index (χ4v) is 4.27. The van der Waals surface area contributed by atoms with E-state index in [9.17, 15) is 9.59 Å². The van der Waals surface area contributed by atoms with Gasteiger partial charge in [0.25, 0.3) is 0 Å². The molecule has 3 rings (SSSR count). The van der Waals surface area contributed by atoms with Crippen LogP contribution in [-0.2, 0) is 21.5 Å². The Morgan fingerprint density at radius 2 is 2.05 bits per heavy atom. The molecule has 2 N–H and O–H groups in total. The van der Waals surface area contributed by atoms with E-state index in [1.807, 2.05) is 49.3 Å². The number of aliphatic hydroxyl groups excluding tert-OH is 1. The summed E-state index contributed by atoms with van der Waals surface area (Å²) in [5.41, 5.74) is 3.97. The maximum Gasteiger partial charge on any atom is 0.247 e. The van der Waals surface area contributed by atoms with Crippen LogP contribution in [0.4, 0.5) is 5.69 Å². The van der Waals surface area contributed by atoms with Crippen LogP contribution in [0.25, 0.3) is 0 Å². The Morgan fingerprint density at radius 1 is 1.35 bits per heavy atom. The summed E-state index contributed by atoms with van der Waals surface area (Å²) in [6.07, 6.45) is 11.3. The Morgan fingerprint density at radius 3 is 2.55 bits per heavy atom. The van der Waals surface area contributed by atoms with Crippen LogP contribution in [0.2, 0.25) is 0 Å². The molecule has 1 fully saturated rings. The van der Waals surface area contributed by atoms with Gasteiger partial charge in [0.05, 0.1) is 18.7 Å². The Balaban J connectivity index is 0.000000469. The molecule has 3 atom stereocenters. The van der Waals surface area contributed by atoms with E-state index >= 15 is 0 Å². The summed E-state index contributed by atoms with van der Waals surface area (Å²) in [6, 6.07) is 11.2. The van der Waals surface area contributed by atoms with Crippen LogP contribution in [0.5, 0.6) is 0 Å². The number of nitrogens with one attached hydrogen (secondary N) is 1. The molecular weight excluding hydrogens is 504 g/mol. The first-order valence-corrected chi connectivity index (χ1v) is 13.1. The third-order valence-corrected chi connectivity index (χ3v) is 6.49. The molecule has 9 heteroatoms. The largest absolute Gasteiger partial charge is 0.391 e. The number of aliphatic imine (C=N–C) groups is 1. The number of aldehydes is 1. The second kappa shape index (κ2) is 15.3. The molecule has 0 bridgehead atoms. The zero-order valence-electron chi connectivity index (χ0n) is 24.0. The van der Waals surface area contributed by atoms with E-state index in [-0.39, 0.29) is 11.3 Å². The summed E-state index contributed by atoms with van der Waals surface area (Å²) < 4.78 is 0. The first kappa shape index (κ1) is 31.9. The number of pyridine rings is 1. The summed E-state index contributed by atoms with van der Waals surface area (Å²) in [5.74, 6) is -0.116. The van der Waals surface area contributed by atoms with E-state index in [4.69, 9.17) is 10.4 Å². The molecule has 1 aromatic heterocycles. The first-order valence-electron chi connectivity index (χ1n) is 13.1. The molecule has 0 aliphatic carbocycles. The normalized spacial score (nSPS) is 17.8. The summed E-state index contributed by atoms with van der Waals surface area (Å²) >= 11 is 0. The van der Waals surface area contributed by atoms with E-state index in [2.05, 4.69) is 67.0 Å². The summed E-state index contributed by atoms with van der Waals surface area (Å²) in [4.78, 5) is 34.7. The van der Waals surface area contributed by atoms with Gasteiger partial charge in [0.2, 0.25) is 5.91 Å². The van der Waals surface area contributed by atoms with Crippen molar-refractivity contribution in [2.45, 2.75) is 64.3 Å². The number of β-amino-alcohol motifs (C(OH)–C–C–N with tert-alkyl or cyclic N) is 1. The Hall–Kier alpha value is -4.29. The molecule has 2 heterocycles. The van der Waals surface area contributed by atoms with Gasteiger partial charge in [-0.25, -0.2) is 0 Å². The molecule has 3 unspecified atom stereocenters. The lowest BCUT2D eigenvalue weighted by molar-refractivity contribution is -0.121. The van der Waals surface area contributed by atoms with Gasteiger partial charge in [-0.2, -0.15) is 5.26 Å². The quantitative estimate of drug-likeness (QED) is 0.213. The van der Waals surface area contributed by atoms with Gasteiger partial charge in [-0.05, 0) is 48.4 Å². The van der Waals surface area contributed by atoms with Crippen molar-refractivity contribution in [1.82, 2.24) is 15.2 Å². The first-order chi connectivity index (χ1) is 19.0. The maximum absolute atomic E-state index is 13.2. The molecule has 40 heavy (non-hydrogen) atoms. The minimum atomic E-state index is -0.552. The zero-order valence-corrected chi connectivity index (χ0v) is 24.0. The number of hydrogen-bond acceptors (Lipinski definition) is 8. The minimum absolute atomic E-state index is 0.0698. The highest BCUT2D eigenvalue weighted by atomic mass is 16.3. The van der Waals surface area contributed by atoms with Crippen molar-refractivity contribution in [2.75, 3.05) is 18.5 Å². The Kier molecular flexibility index (Phi) is 12.2. The third kappa shape index (κ3) is 9.17. The van der Waals surface area contributed by atoms with Gasteiger partial charge in [-0.1, -0.05) is 51.1 Å². The number of carbonyl (C=O) groups is 2. The summed E-state index contributed by atoms with van der Waals surface area (Å²) in [7, 11) is 1.92. The van der Waals surface area contributed by atoms with Crippen LogP contribution in [0.15, 0.2) is 77.7 Å². The molecule has 2 aromatic rings. The number of amides is 1. The SMILES string of the molecule is C=N/C=C(\C=C/C)C(C(=O)NCc1cccnc1)N(C)c1ccc(C(C)(C)C)cc1.N#CN1CC(O)CC1C=O. The van der Waals surface area contributed by atoms with E-state index in [1.165, 1.54) is 10.5 Å². The van der Waals surface area contributed by atoms with Crippen molar-refractivity contribution in [2.24, 2.45) is 4.99 Å². The molecule has 9 nitrogen and oxygen atoms in total. The number of carbonyl (C=O) groups excluding carboxylic acids is 2. The second-order valence-electron chi connectivity index (χ2n) is 10.5. The second-order valence-corrected chi connectivity index (χ2v) is 10.5. The van der Waals surface area contributed by atoms with E-state index in [1.54, 1.807) is 18.6 Å². The van der Waals surface area contributed by atoms with Crippen molar-refractivity contribution < 1.29 is 14.7 Å². The van der Waals surface area contributed by atoms with Crippen molar-refractivity contribution >= 4 is 24.6 Å². The lowest BCUT2D eigenvalue weighted by Gasteiger charge is -2.30. The number of nitriles is 1. The number of likely N-dealkylation sites (N-methyl/N-ethyl adjacent to an activating group) is 1. The zero-order chi connectivity index (χ0) is 29.7. The average molecular weight is 545 g/mol. The number of hydrogen-bond donors (Lipinski definition) is 2. The van der Waals surface area contributed by atoms with Gasteiger partial charge in [0, 0.05) is 49.9 Å². The lowest BCUT2D eigenvalue weighted by Crippen LogP contribution is -2.46. The van der Waals surface area contributed by atoms with E-state index in [0.29, 0.717) is 25.8 Å². The number of aromatic nitrogens is 1. The Labute approximate surface area is 237 Å². The van der Waals surface area contributed by atoms with Gasteiger partial charge in [0.1, 0.15) is 12.3 Å². The van der Waals surface area contributed by atoms with Gasteiger partial charge in [-0.15, -0.1) is 0 Å². The van der Waals surface area contributed by atoms with E-state index in [0.717, 1.165) is 16.8 Å². The summed E-state index contributed by atoms with van der Waals surface area (Å²) in [6.45, 7) is 12.7. The van der Waals surface area contributed by atoms with Crippen LogP contribution in [-0.4, -0.2) is 65.7 Å². The average Bonchev–Trinajstić information content (AvgIpc) is 3.32. The van der Waals surface area contributed by atoms with Crippen LogP contribution >= 0.6 is 0 Å². The van der Waals surface area contributed by atoms with Gasteiger partial charge in [0.15, 0.2) is 6.19 Å². The molecule has 1 aliphatic rings. The topological polar surface area (TPSA) is 122 Å². The molecule has 1 aromatic carbocycles. The number of likely N-dealkylation sites (tertiary alicyclic amines) is 1. The molecule has 0 radical (unpaired) electrons. The van der Waals surface area contributed by atoms with Crippen LogP contribution in [0.1, 0.15) is 45.2 Å². The van der Waals surface area contributed by atoms with E-state index < -0.39 is 18.2 Å². The molecule has 212 valence electrons. The number of benzene rings is 1. The number of rotatable bonds is 9. The van der Waals surface area contributed by atoms with Crippen LogP contribution in [0, 0.1) is 11.5 Å². The predicted molar refractivity (Wildman–Crippen MR) is 159 cm³/mol.